The van der Waals surface area contributed by atoms with Gasteiger partial charge in [-0.25, -0.2) is 0 Å². The van der Waals surface area contributed by atoms with Gasteiger partial charge in [-0.2, -0.15) is 0 Å². The van der Waals surface area contributed by atoms with Crippen LogP contribution in [-0.2, 0) is 17.6 Å². The van der Waals surface area contributed by atoms with E-state index in [1.807, 2.05) is 12.1 Å². The molecule has 2 nitrogen and oxygen atoms in total. The number of aryl methyl sites for hydroxylation is 1. The van der Waals surface area contributed by atoms with Crippen LogP contribution >= 0.6 is 0 Å². The molecular formula is C13H14O2. The molecule has 0 unspecified atom stereocenters. The molecule has 0 N–H and O–H groups in total. The van der Waals surface area contributed by atoms with E-state index in [4.69, 9.17) is 0 Å². The third-order valence-corrected chi connectivity index (χ3v) is 3.07. The van der Waals surface area contributed by atoms with Crippen molar-refractivity contribution in [3.05, 3.63) is 34.9 Å². The number of aldehydes is 1. The van der Waals surface area contributed by atoms with Crippen molar-refractivity contribution in [3.63, 3.8) is 0 Å². The molecule has 0 radical (unpaired) electrons. The van der Waals surface area contributed by atoms with Crippen LogP contribution in [0.1, 0.15) is 34.8 Å². The molecule has 0 saturated heterocycles. The second-order valence-electron chi connectivity index (χ2n) is 4.01. The van der Waals surface area contributed by atoms with Crippen LogP contribution in [0.3, 0.4) is 0 Å². The molecule has 0 fully saturated rings. The van der Waals surface area contributed by atoms with Crippen molar-refractivity contribution in [1.82, 2.24) is 0 Å². The van der Waals surface area contributed by atoms with Gasteiger partial charge in [0.15, 0.2) is 5.78 Å². The highest BCUT2D eigenvalue weighted by molar-refractivity contribution is 6.03. The summed E-state index contributed by atoms with van der Waals surface area (Å²) in [6.07, 6.45) is 2.87. The Bertz CT molecular complexity index is 407. The first-order valence-corrected chi connectivity index (χ1v) is 5.36. The number of carbonyl (C=O) groups is 2. The van der Waals surface area contributed by atoms with Crippen molar-refractivity contribution in [3.8, 4) is 0 Å². The fraction of sp³-hybridized carbons (Fsp3) is 0.385. The SMILES string of the molecule is CCc1ccc2c(c1)C(=O)[C@H](CC=O)C2. The number of fused-ring (bicyclic) bond motifs is 1. The van der Waals surface area contributed by atoms with Crippen molar-refractivity contribution in [2.45, 2.75) is 26.2 Å². The van der Waals surface area contributed by atoms with Crippen molar-refractivity contribution >= 4 is 12.1 Å². The summed E-state index contributed by atoms with van der Waals surface area (Å²) < 4.78 is 0. The lowest BCUT2D eigenvalue weighted by atomic mass is 10.0. The second kappa shape index (κ2) is 3.97. The molecule has 1 aliphatic carbocycles. The predicted octanol–water partition coefficient (Wildman–Crippen LogP) is 2.19. The smallest absolute Gasteiger partial charge is 0.166 e. The Balaban J connectivity index is 2.33. The summed E-state index contributed by atoms with van der Waals surface area (Å²) in [7, 11) is 0. The molecule has 15 heavy (non-hydrogen) atoms. The first-order valence-electron chi connectivity index (χ1n) is 5.36. The summed E-state index contributed by atoms with van der Waals surface area (Å²) in [4.78, 5) is 22.3. The van der Waals surface area contributed by atoms with E-state index < -0.39 is 0 Å². The molecule has 0 aliphatic heterocycles. The number of benzene rings is 1. The summed E-state index contributed by atoms with van der Waals surface area (Å²) in [5.74, 6) is 0.0389. The van der Waals surface area contributed by atoms with Gasteiger partial charge < -0.3 is 4.79 Å². The van der Waals surface area contributed by atoms with E-state index in [1.165, 1.54) is 5.56 Å². The Morgan fingerprint density at radius 2 is 2.27 bits per heavy atom. The summed E-state index contributed by atoms with van der Waals surface area (Å²) in [6.45, 7) is 2.07. The third-order valence-electron chi connectivity index (χ3n) is 3.07. The third kappa shape index (κ3) is 1.72. The van der Waals surface area contributed by atoms with Gasteiger partial charge in [0, 0.05) is 17.9 Å². The molecule has 0 aromatic heterocycles. The molecule has 0 heterocycles. The topological polar surface area (TPSA) is 34.1 Å². The number of carbonyl (C=O) groups excluding carboxylic acids is 2. The largest absolute Gasteiger partial charge is 0.303 e. The van der Waals surface area contributed by atoms with E-state index >= 15 is 0 Å². The Hall–Kier alpha value is -1.44. The van der Waals surface area contributed by atoms with Gasteiger partial charge in [0.2, 0.25) is 0 Å². The van der Waals surface area contributed by atoms with Crippen molar-refractivity contribution in [1.29, 1.82) is 0 Å². The van der Waals surface area contributed by atoms with Gasteiger partial charge in [-0.1, -0.05) is 19.1 Å². The lowest BCUT2D eigenvalue weighted by Crippen LogP contribution is -2.09. The molecule has 0 spiro atoms. The molecular weight excluding hydrogens is 188 g/mol. The molecule has 2 heteroatoms. The maximum absolute atomic E-state index is 11.9. The van der Waals surface area contributed by atoms with E-state index in [1.54, 1.807) is 0 Å². The molecule has 0 saturated carbocycles. The standard InChI is InChI=1S/C13H14O2/c1-2-9-3-4-10-8-11(5-6-14)13(15)12(10)7-9/h3-4,6-7,11H,2,5,8H2,1H3/t11-/m1/s1. The van der Waals surface area contributed by atoms with Crippen molar-refractivity contribution in [2.75, 3.05) is 0 Å². The Morgan fingerprint density at radius 1 is 1.47 bits per heavy atom. The molecule has 0 amide bonds. The van der Waals surface area contributed by atoms with E-state index in [9.17, 15) is 9.59 Å². The van der Waals surface area contributed by atoms with E-state index in [0.29, 0.717) is 6.42 Å². The maximum atomic E-state index is 11.9. The minimum absolute atomic E-state index is 0.107. The highest BCUT2D eigenvalue weighted by atomic mass is 16.1. The lowest BCUT2D eigenvalue weighted by molar-refractivity contribution is -0.108. The first-order chi connectivity index (χ1) is 7.26. The van der Waals surface area contributed by atoms with E-state index in [-0.39, 0.29) is 11.7 Å². The highest BCUT2D eigenvalue weighted by Gasteiger charge is 2.29. The van der Waals surface area contributed by atoms with Gasteiger partial charge in [0.05, 0.1) is 0 Å². The highest BCUT2D eigenvalue weighted by Crippen LogP contribution is 2.29. The van der Waals surface area contributed by atoms with Crippen LogP contribution in [0.5, 0.6) is 0 Å². The quantitative estimate of drug-likeness (QED) is 0.704. The van der Waals surface area contributed by atoms with Gasteiger partial charge in [0.1, 0.15) is 6.29 Å². The van der Waals surface area contributed by atoms with Gasteiger partial charge in [-0.05, 0) is 30.0 Å². The van der Waals surface area contributed by atoms with Crippen LogP contribution in [0.4, 0.5) is 0 Å². The average molecular weight is 202 g/mol. The summed E-state index contributed by atoms with van der Waals surface area (Å²) >= 11 is 0. The minimum atomic E-state index is -0.107. The van der Waals surface area contributed by atoms with Crippen LogP contribution in [-0.4, -0.2) is 12.1 Å². The number of Topliss-reactive ketones (excluding diaryl/α,β-unsaturated/α-hetero) is 1. The number of rotatable bonds is 3. The van der Waals surface area contributed by atoms with Gasteiger partial charge in [-0.15, -0.1) is 0 Å². The predicted molar refractivity (Wildman–Crippen MR) is 58.0 cm³/mol. The van der Waals surface area contributed by atoms with Crippen molar-refractivity contribution in [2.24, 2.45) is 5.92 Å². The van der Waals surface area contributed by atoms with Crippen molar-refractivity contribution < 1.29 is 9.59 Å². The second-order valence-corrected chi connectivity index (χ2v) is 4.01. The van der Waals surface area contributed by atoms with Crippen LogP contribution in [0.15, 0.2) is 18.2 Å². The molecule has 1 aromatic rings. The minimum Gasteiger partial charge on any atom is -0.303 e. The Labute approximate surface area is 89.3 Å². The normalized spacial score (nSPS) is 19.0. The first kappa shape index (κ1) is 10.1. The van der Waals surface area contributed by atoms with E-state index in [2.05, 4.69) is 13.0 Å². The average Bonchev–Trinajstić information content (AvgIpc) is 2.56. The fourth-order valence-electron chi connectivity index (χ4n) is 2.14. The Kier molecular flexibility index (Phi) is 2.67. The van der Waals surface area contributed by atoms with Gasteiger partial charge >= 0.3 is 0 Å². The lowest BCUT2D eigenvalue weighted by Gasteiger charge is -2.00. The zero-order valence-corrected chi connectivity index (χ0v) is 8.82. The van der Waals surface area contributed by atoms with Crippen LogP contribution < -0.4 is 0 Å². The number of hydrogen-bond donors (Lipinski definition) is 0. The fourth-order valence-corrected chi connectivity index (χ4v) is 2.14. The number of hydrogen-bond acceptors (Lipinski definition) is 2. The molecule has 1 atom stereocenters. The van der Waals surface area contributed by atoms with Gasteiger partial charge in [0.25, 0.3) is 0 Å². The monoisotopic (exact) mass is 202 g/mol. The molecule has 1 aromatic carbocycles. The zero-order chi connectivity index (χ0) is 10.8. The number of ketones is 1. The van der Waals surface area contributed by atoms with Crippen LogP contribution in [0, 0.1) is 5.92 Å². The van der Waals surface area contributed by atoms with Crippen LogP contribution in [0.2, 0.25) is 0 Å². The maximum Gasteiger partial charge on any atom is 0.166 e. The summed E-state index contributed by atoms with van der Waals surface area (Å²) in [5, 5.41) is 0. The zero-order valence-electron chi connectivity index (χ0n) is 8.82. The Morgan fingerprint density at radius 3 is 2.93 bits per heavy atom. The molecule has 1 aliphatic rings. The van der Waals surface area contributed by atoms with Gasteiger partial charge in [-0.3, -0.25) is 4.79 Å². The summed E-state index contributed by atoms with van der Waals surface area (Å²) in [6, 6.07) is 6.06. The molecule has 2 rings (SSSR count). The summed E-state index contributed by atoms with van der Waals surface area (Å²) in [5.41, 5.74) is 3.12. The van der Waals surface area contributed by atoms with Crippen LogP contribution in [0.25, 0.3) is 0 Å². The van der Waals surface area contributed by atoms with E-state index in [0.717, 1.165) is 30.3 Å². The molecule has 0 bridgehead atoms. The molecule has 78 valence electrons.